The van der Waals surface area contributed by atoms with Crippen LogP contribution in [0.5, 0.6) is 0 Å². The molecule has 25 atom stereocenters. The number of aromatic amines is 1. The Morgan fingerprint density at radius 3 is 2.01 bits per heavy atom. The topological polar surface area (TPSA) is 363 Å². The summed E-state index contributed by atoms with van der Waals surface area (Å²) in [6, 6.07) is 4.55. The smallest absolute Gasteiger partial charge is 0.393 e. The minimum atomic E-state index is -4.52. The number of nitrogens with one attached hydrogen (secondary N) is 3. The van der Waals surface area contributed by atoms with E-state index in [-0.39, 0.29) is 137 Å². The van der Waals surface area contributed by atoms with Crippen LogP contribution in [-0.4, -0.2) is 161 Å². The fraction of sp³-hybridized carbons (Fsp3) is 0.833. The Bertz CT molecular complexity index is 3520. The van der Waals surface area contributed by atoms with Crippen molar-refractivity contribution in [1.82, 2.24) is 25.1 Å². The van der Waals surface area contributed by atoms with Crippen molar-refractivity contribution in [2.75, 3.05) is 45.1 Å². The second-order valence-electron chi connectivity index (χ2n) is 34.8. The predicted octanol–water partition coefficient (Wildman–Crippen LogP) is 11.2. The molecule has 1 saturated heterocycles. The van der Waals surface area contributed by atoms with Crippen LogP contribution in [0.4, 0.5) is 5.69 Å². The summed E-state index contributed by atoms with van der Waals surface area (Å²) in [7, 11) is -1.59. The maximum Gasteiger partial charge on any atom is 0.472 e. The molecule has 0 radical (unpaired) electrons. The molecule has 105 heavy (non-hydrogen) atoms. The van der Waals surface area contributed by atoms with Crippen molar-refractivity contribution in [3.05, 3.63) is 66.5 Å². The zero-order chi connectivity index (χ0) is 75.5. The second kappa shape index (κ2) is 34.9. The molecule has 9 aliphatic rings. The van der Waals surface area contributed by atoms with Crippen LogP contribution in [0.2, 0.25) is 0 Å². The van der Waals surface area contributed by atoms with Crippen LogP contribution in [0, 0.1) is 110 Å². The molecule has 1 aliphatic heterocycles. The molecule has 1 aromatic carbocycles. The Morgan fingerprint density at radius 1 is 0.724 bits per heavy atom. The molecule has 2 aromatic rings. The Morgan fingerprint density at radius 2 is 1.33 bits per heavy atom. The van der Waals surface area contributed by atoms with E-state index in [0.29, 0.717) is 124 Å². The molecule has 24 nitrogen and oxygen atoms in total. The highest BCUT2D eigenvalue weighted by Gasteiger charge is 2.67. The van der Waals surface area contributed by atoms with Crippen molar-refractivity contribution in [2.24, 2.45) is 92.7 Å². The Kier molecular flexibility index (Phi) is 27.3. The quantitative estimate of drug-likeness (QED) is 0.0104. The van der Waals surface area contributed by atoms with Crippen molar-refractivity contribution in [3.8, 4) is 0 Å². The maximum atomic E-state index is 14.8. The number of phosphoric acid groups is 1. The molecule has 1 aromatic heterocycles. The maximum absolute atomic E-state index is 14.8. The highest BCUT2D eigenvalue weighted by Crippen LogP contribution is 2.70. The first kappa shape index (κ1) is 82.2. The molecule has 3 amide bonds. The Hall–Kier alpha value is -3.76. The first-order chi connectivity index (χ1) is 49.9. The molecule has 590 valence electrons. The van der Waals surface area contributed by atoms with Gasteiger partial charge in [0, 0.05) is 73.9 Å². The first-order valence-electron chi connectivity index (χ1n) is 40.0. The van der Waals surface area contributed by atoms with Gasteiger partial charge in [-0.25, -0.2) is 9.36 Å². The first-order valence-corrected chi connectivity index (χ1v) is 43.8. The van der Waals surface area contributed by atoms with Gasteiger partial charge in [-0.15, -0.1) is 0 Å². The van der Waals surface area contributed by atoms with Crippen LogP contribution in [0.3, 0.4) is 0 Å². The number of hydrogen-bond acceptors (Lipinski definition) is 19. The lowest BCUT2D eigenvalue weighted by molar-refractivity contribution is -0.385. The van der Waals surface area contributed by atoms with Crippen LogP contribution in [0.15, 0.2) is 38.9 Å². The van der Waals surface area contributed by atoms with Gasteiger partial charge in [0.05, 0.1) is 54.8 Å². The molecule has 1 unspecified atom stereocenters. The lowest BCUT2D eigenvalue weighted by Crippen LogP contribution is -2.62. The molecule has 9 fully saturated rings. The van der Waals surface area contributed by atoms with E-state index in [9.17, 15) is 74.2 Å². The van der Waals surface area contributed by atoms with Gasteiger partial charge in [-0.2, -0.15) is 0 Å². The predicted molar refractivity (Wildman–Crippen MR) is 401 cm³/mol. The molecule has 8 saturated carbocycles. The van der Waals surface area contributed by atoms with Gasteiger partial charge in [-0.3, -0.25) is 47.9 Å². The lowest BCUT2D eigenvalue weighted by atomic mass is 9.43. The number of aliphatic hydroxyl groups is 6. The zero-order valence-electron chi connectivity index (χ0n) is 63.1. The van der Waals surface area contributed by atoms with E-state index in [1.807, 2.05) is 0 Å². The number of aryl methyl sites for hydroxylation is 1. The number of rotatable bonds is 33. The van der Waals surface area contributed by atoms with Crippen molar-refractivity contribution in [2.45, 2.75) is 276 Å². The number of aromatic nitrogens is 2. The number of nitrogens with zero attached hydrogens (tertiary/aromatic N) is 3. The number of phosphoric ester groups is 1. The van der Waals surface area contributed by atoms with Crippen molar-refractivity contribution in [3.63, 3.8) is 0 Å². The van der Waals surface area contributed by atoms with Gasteiger partial charge < -0.3 is 55.8 Å². The summed E-state index contributed by atoms with van der Waals surface area (Å²) in [6.07, 6.45) is 16.0. The Labute approximate surface area is 627 Å². The van der Waals surface area contributed by atoms with Gasteiger partial charge in [0.15, 0.2) is 0 Å². The zero-order valence-corrected chi connectivity index (χ0v) is 65.7. The molecule has 8 aliphatic carbocycles. The van der Waals surface area contributed by atoms with E-state index in [1.54, 1.807) is 17.0 Å². The molecular formula is C78H123N6O18PS2. The molecule has 11 rings (SSSR count). The number of aliphatic hydroxyl groups excluding tert-OH is 6. The van der Waals surface area contributed by atoms with Crippen molar-refractivity contribution < 1.29 is 73.2 Å². The highest BCUT2D eigenvalue weighted by atomic mass is 33.1. The van der Waals surface area contributed by atoms with E-state index in [2.05, 4.69) is 57.2 Å². The number of benzene rings is 1. The average Bonchev–Trinajstić information content (AvgIpc) is 1.68. The number of nitro benzene ring substituents is 1. The van der Waals surface area contributed by atoms with Gasteiger partial charge in [0.2, 0.25) is 11.8 Å². The summed E-state index contributed by atoms with van der Waals surface area (Å²) in [5, 5.41) is 86.6. The van der Waals surface area contributed by atoms with Crippen LogP contribution in [0.25, 0.3) is 0 Å². The largest absolute Gasteiger partial charge is 0.472 e. The van der Waals surface area contributed by atoms with Gasteiger partial charge in [0.25, 0.3) is 17.2 Å². The van der Waals surface area contributed by atoms with E-state index in [4.69, 9.17) is 13.8 Å². The summed E-state index contributed by atoms with van der Waals surface area (Å²) < 4.78 is 29.9. The number of ether oxygens (including phenoxy) is 1. The Balaban J connectivity index is 0.642. The molecule has 0 bridgehead atoms. The van der Waals surface area contributed by atoms with E-state index in [1.165, 1.54) is 40.8 Å². The van der Waals surface area contributed by atoms with E-state index < -0.39 is 73.3 Å². The summed E-state index contributed by atoms with van der Waals surface area (Å²) in [6.45, 7) is 15.9. The third kappa shape index (κ3) is 17.9. The van der Waals surface area contributed by atoms with Crippen LogP contribution in [-0.2, 0) is 27.9 Å². The monoisotopic (exact) mass is 1530 g/mol. The minimum absolute atomic E-state index is 0.00917. The molecule has 27 heteroatoms. The third-order valence-electron chi connectivity index (χ3n) is 29.1. The second-order valence-corrected chi connectivity index (χ2v) is 38.7. The summed E-state index contributed by atoms with van der Waals surface area (Å²) >= 11 is 0. The molecular weight excluding hydrogens is 1400 g/mol. The van der Waals surface area contributed by atoms with Crippen LogP contribution in [0.1, 0.15) is 237 Å². The third-order valence-corrected chi connectivity index (χ3v) is 32.5. The number of amides is 3. The number of nitro groups is 1. The summed E-state index contributed by atoms with van der Waals surface area (Å²) in [5.41, 5.74) is -1.81. The number of carbonyl (C=O) groups excluding carboxylic acids is 3. The van der Waals surface area contributed by atoms with Gasteiger partial charge >= 0.3 is 13.5 Å². The van der Waals surface area contributed by atoms with Crippen molar-refractivity contribution in [1.29, 1.82) is 0 Å². The van der Waals surface area contributed by atoms with Gasteiger partial charge in [0.1, 0.15) is 17.9 Å². The number of H-pyrrole nitrogens is 1. The summed E-state index contributed by atoms with van der Waals surface area (Å²) in [4.78, 5) is 93.0. The molecule has 2 heterocycles. The SMILES string of the molecule is Cc1cn([C@H]2C[C@H](O)[C@@H](COP(=O)(O)OCCCCCCSSc3ccc([N+](=O)[O-])c(C(=O)N(CCCCNC(=O)CC[C@@H](C)[C@H]4CC[C@H]5[C@@H]6[C@H](O)C[C@@H]7C[C@H](O)CC[C@]7(C)[C@H]6C[C@H](O)[C@]45C)CCCNC(=O)CC[C@@H](C)[C@H]4CC[C@H]5[C@@H]6CC[C@@H]7C[C@H](O)CC[C@]7(C)[C@H]6C[C@H](O)[C@]45C)c3)O2)c(=O)[nH]c1=O. The fourth-order valence-corrected chi connectivity index (χ4v) is 26.0. The van der Waals surface area contributed by atoms with Gasteiger partial charge in [-0.05, 0) is 253 Å². The van der Waals surface area contributed by atoms with Gasteiger partial charge in [-0.1, -0.05) is 76.0 Å². The standard InChI is InChI=1S/C78H123N6O18PS2/c1-46(56-20-22-58-54-19-17-49-37-51(85)27-29-75(49,4)60(54)41-66(89)77(56,58)6)15-26-69(92)80-32-14-34-82(33-11-10-31-79-68(91)25-16-47(2)57-21-23-59-71-61(42-67(90)78(57,59)7)76(5)30-28-52(86)38-50(76)39-64(71)88)73(94)55-40-53(18-24-62(55)84(96)97)105-104-36-13-9-8-12-35-100-103(98,99)101-45-65-63(87)43-70(102-65)83-44-48(3)72(93)81-74(83)95/h18,24,40,44,46-47,49-52,54,56-61,63-67,70-71,85-90H,8-17,19-23,25-39,41-43,45H2,1-7H3,(H,79,91)(H,80,92)(H,98,99)(H,81,93,95)/t46-,47-,49-,50+,51-,52-,54+,56-,57-,58+,59+,60+,61+,63+,64-,65-,66+,67+,70-,71+,75+,76+,77-,78-/m1/s1. The summed E-state index contributed by atoms with van der Waals surface area (Å²) in [5.74, 6) is 3.63. The van der Waals surface area contributed by atoms with E-state index >= 15 is 0 Å². The number of hydrogen-bond donors (Lipinski definition) is 10. The number of carbonyl (C=O) groups is 3. The molecule has 0 spiro atoms. The minimum Gasteiger partial charge on any atom is -0.393 e. The highest BCUT2D eigenvalue weighted by molar-refractivity contribution is 8.76. The van der Waals surface area contributed by atoms with Crippen LogP contribution < -0.4 is 21.9 Å². The normalized spacial score (nSPS) is 37.3. The molecule has 10 N–H and O–H groups in total. The van der Waals surface area contributed by atoms with E-state index in [0.717, 1.165) is 94.5 Å². The number of unbranched alkanes of at least 4 members (excludes halogenated alkanes) is 4. The van der Waals surface area contributed by atoms with Crippen LogP contribution >= 0.6 is 29.4 Å². The van der Waals surface area contributed by atoms with Crippen molar-refractivity contribution >= 4 is 52.8 Å². The number of fused-ring (bicyclic) bond motifs is 10. The fourth-order valence-electron chi connectivity index (χ4n) is 23.1. The average molecular weight is 1530 g/mol. The lowest BCUT2D eigenvalue weighted by Gasteiger charge is -2.63.